The molecule has 0 rings (SSSR count). The predicted octanol–water partition coefficient (Wildman–Crippen LogP) is 3.61. The molecule has 74 valence electrons. The Morgan fingerprint density at radius 1 is 1.25 bits per heavy atom. The molecular weight excluding hydrogens is 216 g/mol. The summed E-state index contributed by atoms with van der Waals surface area (Å²) in [5, 5.41) is 1.04. The van der Waals surface area contributed by atoms with Crippen molar-refractivity contribution >= 4 is 15.9 Å². The van der Waals surface area contributed by atoms with E-state index in [1.807, 2.05) is 0 Å². The molecule has 12 heavy (non-hydrogen) atoms. The molecule has 0 fully saturated rings. The number of hydrogen-bond acceptors (Lipinski definition) is 1. The summed E-state index contributed by atoms with van der Waals surface area (Å²) in [6, 6.07) is 0. The summed E-state index contributed by atoms with van der Waals surface area (Å²) < 4.78 is 5.65. The van der Waals surface area contributed by atoms with Gasteiger partial charge in [-0.1, -0.05) is 29.8 Å². The van der Waals surface area contributed by atoms with Gasteiger partial charge in [0.15, 0.2) is 0 Å². The Morgan fingerprint density at radius 3 is 2.00 bits per heavy atom. The van der Waals surface area contributed by atoms with Gasteiger partial charge in [0.1, 0.15) is 0 Å². The van der Waals surface area contributed by atoms with E-state index < -0.39 is 0 Å². The summed E-state index contributed by atoms with van der Waals surface area (Å²) in [4.78, 5) is 0. The molecule has 0 spiro atoms. The van der Waals surface area contributed by atoms with Crippen LogP contribution in [0.2, 0.25) is 0 Å². The van der Waals surface area contributed by atoms with E-state index >= 15 is 0 Å². The van der Waals surface area contributed by atoms with Crippen molar-refractivity contribution in [1.82, 2.24) is 0 Å². The molecule has 1 nitrogen and oxygen atoms in total. The van der Waals surface area contributed by atoms with Gasteiger partial charge in [-0.15, -0.1) is 0 Å². The van der Waals surface area contributed by atoms with Crippen molar-refractivity contribution in [2.24, 2.45) is 5.41 Å². The first-order valence-corrected chi connectivity index (χ1v) is 5.90. The Hall–Kier alpha value is 0.440. The first kappa shape index (κ1) is 12.4. The van der Waals surface area contributed by atoms with E-state index in [1.165, 1.54) is 12.8 Å². The Labute approximate surface area is 85.0 Å². The van der Waals surface area contributed by atoms with E-state index in [1.54, 1.807) is 0 Å². The smallest absolute Gasteiger partial charge is 0.0533 e. The molecule has 0 unspecified atom stereocenters. The molecule has 0 aliphatic carbocycles. The molecule has 0 bridgehead atoms. The number of hydrogen-bond donors (Lipinski definition) is 0. The first-order valence-electron chi connectivity index (χ1n) is 4.77. The van der Waals surface area contributed by atoms with E-state index in [-0.39, 0.29) is 0 Å². The maximum atomic E-state index is 5.65. The van der Waals surface area contributed by atoms with Crippen LogP contribution < -0.4 is 0 Å². The standard InChI is InChI=1S/C10H21BrO/c1-5-10(6-2,7-11)8-12-9(3)4/h9H,5-8H2,1-4H3. The molecule has 0 saturated heterocycles. The zero-order valence-electron chi connectivity index (χ0n) is 8.69. The molecular formula is C10H21BrO. The lowest BCUT2D eigenvalue weighted by Crippen LogP contribution is -2.28. The van der Waals surface area contributed by atoms with Crippen LogP contribution in [-0.2, 0) is 4.74 Å². The number of rotatable bonds is 6. The molecule has 0 radical (unpaired) electrons. The van der Waals surface area contributed by atoms with Crippen LogP contribution >= 0.6 is 15.9 Å². The first-order chi connectivity index (χ1) is 5.60. The Balaban J connectivity index is 3.93. The Morgan fingerprint density at radius 2 is 1.75 bits per heavy atom. The fraction of sp³-hybridized carbons (Fsp3) is 1.00. The SMILES string of the molecule is CCC(CC)(CBr)COC(C)C. The summed E-state index contributed by atoms with van der Waals surface area (Å²) >= 11 is 3.56. The van der Waals surface area contributed by atoms with E-state index in [4.69, 9.17) is 4.74 Å². The highest BCUT2D eigenvalue weighted by molar-refractivity contribution is 9.09. The summed E-state index contributed by atoms with van der Waals surface area (Å²) in [6.45, 7) is 9.51. The van der Waals surface area contributed by atoms with Crippen LogP contribution in [0.3, 0.4) is 0 Å². The van der Waals surface area contributed by atoms with Gasteiger partial charge < -0.3 is 4.74 Å². The third-order valence-electron chi connectivity index (χ3n) is 2.51. The highest BCUT2D eigenvalue weighted by Gasteiger charge is 2.25. The number of ether oxygens (including phenoxy) is 1. The van der Waals surface area contributed by atoms with Crippen molar-refractivity contribution in [3.63, 3.8) is 0 Å². The highest BCUT2D eigenvalue weighted by atomic mass is 79.9. The summed E-state index contributed by atoms with van der Waals surface area (Å²) in [5.41, 5.74) is 0.351. The zero-order chi connectivity index (χ0) is 9.61. The average Bonchev–Trinajstić information content (AvgIpc) is 2.08. The van der Waals surface area contributed by atoms with Gasteiger partial charge in [0.25, 0.3) is 0 Å². The summed E-state index contributed by atoms with van der Waals surface area (Å²) in [6.07, 6.45) is 2.71. The van der Waals surface area contributed by atoms with Gasteiger partial charge in [-0.05, 0) is 26.7 Å². The molecule has 0 aromatic rings. The average molecular weight is 237 g/mol. The summed E-state index contributed by atoms with van der Waals surface area (Å²) in [7, 11) is 0. The monoisotopic (exact) mass is 236 g/mol. The molecule has 0 aliphatic rings. The van der Waals surface area contributed by atoms with Crippen LogP contribution in [0.1, 0.15) is 40.5 Å². The third kappa shape index (κ3) is 3.90. The third-order valence-corrected chi connectivity index (χ3v) is 3.70. The van der Waals surface area contributed by atoms with Crippen molar-refractivity contribution in [3.05, 3.63) is 0 Å². The number of alkyl halides is 1. The minimum Gasteiger partial charge on any atom is -0.378 e. The normalized spacial score (nSPS) is 12.5. The van der Waals surface area contributed by atoms with E-state index in [2.05, 4.69) is 43.6 Å². The highest BCUT2D eigenvalue weighted by Crippen LogP contribution is 2.29. The molecule has 2 heteroatoms. The van der Waals surface area contributed by atoms with E-state index in [0.29, 0.717) is 11.5 Å². The van der Waals surface area contributed by atoms with Crippen LogP contribution in [0.25, 0.3) is 0 Å². The van der Waals surface area contributed by atoms with Gasteiger partial charge in [-0.2, -0.15) is 0 Å². The quantitative estimate of drug-likeness (QED) is 0.641. The molecule has 0 atom stereocenters. The van der Waals surface area contributed by atoms with Gasteiger partial charge in [-0.3, -0.25) is 0 Å². The molecule has 0 amide bonds. The van der Waals surface area contributed by atoms with Gasteiger partial charge in [0.05, 0.1) is 12.7 Å². The molecule has 0 aliphatic heterocycles. The Bertz CT molecular complexity index is 100. The number of halogens is 1. The van der Waals surface area contributed by atoms with Crippen molar-refractivity contribution in [3.8, 4) is 0 Å². The summed E-state index contributed by atoms with van der Waals surface area (Å²) in [5.74, 6) is 0. The second-order valence-corrected chi connectivity index (χ2v) is 4.26. The lowest BCUT2D eigenvalue weighted by atomic mass is 9.86. The van der Waals surface area contributed by atoms with Crippen LogP contribution in [-0.4, -0.2) is 18.0 Å². The maximum Gasteiger partial charge on any atom is 0.0533 e. The lowest BCUT2D eigenvalue weighted by molar-refractivity contribution is 0.0135. The molecule has 0 N–H and O–H groups in total. The van der Waals surface area contributed by atoms with Crippen molar-refractivity contribution in [2.75, 3.05) is 11.9 Å². The minimum atomic E-state index is 0.349. The minimum absolute atomic E-state index is 0.349. The molecule has 0 heterocycles. The second kappa shape index (κ2) is 5.98. The van der Waals surface area contributed by atoms with Gasteiger partial charge >= 0.3 is 0 Å². The predicted molar refractivity (Wildman–Crippen MR) is 57.9 cm³/mol. The zero-order valence-corrected chi connectivity index (χ0v) is 10.3. The fourth-order valence-corrected chi connectivity index (χ4v) is 1.98. The molecule has 0 aromatic heterocycles. The van der Waals surface area contributed by atoms with Gasteiger partial charge in [0, 0.05) is 10.7 Å². The Kier molecular flexibility index (Phi) is 6.20. The van der Waals surface area contributed by atoms with Crippen LogP contribution in [0.15, 0.2) is 0 Å². The van der Waals surface area contributed by atoms with Crippen molar-refractivity contribution in [2.45, 2.75) is 46.6 Å². The van der Waals surface area contributed by atoms with Gasteiger partial charge in [0.2, 0.25) is 0 Å². The molecule has 0 aromatic carbocycles. The van der Waals surface area contributed by atoms with E-state index in [9.17, 15) is 0 Å². The molecule has 0 saturated carbocycles. The van der Waals surface area contributed by atoms with Gasteiger partial charge in [-0.25, -0.2) is 0 Å². The fourth-order valence-electron chi connectivity index (χ4n) is 1.03. The topological polar surface area (TPSA) is 9.23 Å². The van der Waals surface area contributed by atoms with Crippen LogP contribution in [0.5, 0.6) is 0 Å². The maximum absolute atomic E-state index is 5.65. The van der Waals surface area contributed by atoms with Crippen molar-refractivity contribution in [1.29, 1.82) is 0 Å². The van der Waals surface area contributed by atoms with E-state index in [0.717, 1.165) is 11.9 Å². The second-order valence-electron chi connectivity index (χ2n) is 3.70. The largest absolute Gasteiger partial charge is 0.378 e. The van der Waals surface area contributed by atoms with Crippen molar-refractivity contribution < 1.29 is 4.74 Å². The van der Waals surface area contributed by atoms with Crippen LogP contribution in [0, 0.1) is 5.41 Å². The van der Waals surface area contributed by atoms with Crippen LogP contribution in [0.4, 0.5) is 0 Å². The lowest BCUT2D eigenvalue weighted by Gasteiger charge is -2.30.